The summed E-state index contributed by atoms with van der Waals surface area (Å²) in [7, 11) is 0. The number of hydrogen-bond donors (Lipinski definition) is 2. The van der Waals surface area contributed by atoms with Gasteiger partial charge in [0.2, 0.25) is 17.5 Å². The Balaban J connectivity index is 2.29. The molecule has 0 radical (unpaired) electrons. The first-order valence-electron chi connectivity index (χ1n) is 5.27. The molecule has 9 nitrogen and oxygen atoms in total. The second kappa shape index (κ2) is 5.70. The summed E-state index contributed by atoms with van der Waals surface area (Å²) in [5.74, 6) is -2.70. The predicted molar refractivity (Wildman–Crippen MR) is 64.4 cm³/mol. The number of hydrogen-bond acceptors (Lipinski definition) is 7. The molecular weight excluding hydrogens is 288 g/mol. The van der Waals surface area contributed by atoms with E-state index in [4.69, 9.17) is 5.26 Å². The van der Waals surface area contributed by atoms with Crippen LogP contribution in [0.5, 0.6) is 0 Å². The van der Waals surface area contributed by atoms with Gasteiger partial charge in [0.25, 0.3) is 0 Å². The second-order valence-electron chi connectivity index (χ2n) is 3.60. The maximum Gasteiger partial charge on any atom is 0.340 e. The van der Waals surface area contributed by atoms with E-state index >= 15 is 0 Å². The van der Waals surface area contributed by atoms with Crippen molar-refractivity contribution in [2.24, 2.45) is 0 Å². The Hall–Kier alpha value is -3.42. The molecule has 11 heteroatoms. The number of aromatic nitrogens is 4. The average Bonchev–Trinajstić information content (AvgIpc) is 2.92. The maximum absolute atomic E-state index is 13.4. The minimum atomic E-state index is -1.34. The van der Waals surface area contributed by atoms with Gasteiger partial charge in [0.05, 0.1) is 4.92 Å². The molecule has 2 rings (SSSR count). The van der Waals surface area contributed by atoms with Gasteiger partial charge in [0, 0.05) is 24.0 Å². The van der Waals surface area contributed by atoms with Crippen molar-refractivity contribution in [1.29, 1.82) is 5.26 Å². The summed E-state index contributed by atoms with van der Waals surface area (Å²) in [6, 6.07) is 3.20. The van der Waals surface area contributed by atoms with Crippen molar-refractivity contribution in [2.45, 2.75) is 0 Å². The van der Waals surface area contributed by atoms with Crippen LogP contribution >= 0.6 is 0 Å². The van der Waals surface area contributed by atoms with E-state index in [-0.39, 0.29) is 17.1 Å². The van der Waals surface area contributed by atoms with Crippen LogP contribution < -0.4 is 5.32 Å². The second-order valence-corrected chi connectivity index (χ2v) is 3.60. The van der Waals surface area contributed by atoms with E-state index in [1.165, 1.54) is 0 Å². The highest BCUT2D eigenvalue weighted by atomic mass is 19.1. The maximum atomic E-state index is 13.4. The number of benzene rings is 1. The van der Waals surface area contributed by atoms with Gasteiger partial charge < -0.3 is 5.32 Å². The Kier molecular flexibility index (Phi) is 3.80. The number of rotatable bonds is 4. The number of tetrazole rings is 1. The third-order valence-corrected chi connectivity index (χ3v) is 2.29. The van der Waals surface area contributed by atoms with Gasteiger partial charge in [0.1, 0.15) is 11.6 Å². The molecule has 0 amide bonds. The molecule has 2 aromatic rings. The van der Waals surface area contributed by atoms with Crippen LogP contribution in [0, 0.1) is 33.1 Å². The molecule has 1 heterocycles. The van der Waals surface area contributed by atoms with Crippen molar-refractivity contribution in [1.82, 2.24) is 20.6 Å². The summed E-state index contributed by atoms with van der Waals surface area (Å²) >= 11 is 0. The standard InChI is InChI=1S/C10H5F2N7O2/c11-7-1-6(2-8(12)9(7)19(20)21)14-4-5(3-13)10-15-17-18-16-10/h1-2,4,14H,(H,15,16,17,18). The normalized spacial score (nSPS) is 11.0. The van der Waals surface area contributed by atoms with E-state index in [1.54, 1.807) is 6.07 Å². The van der Waals surface area contributed by atoms with Gasteiger partial charge >= 0.3 is 5.69 Å². The first kappa shape index (κ1) is 14.0. The summed E-state index contributed by atoms with van der Waals surface area (Å²) in [5.41, 5.74) is -1.42. The van der Waals surface area contributed by atoms with Crippen LogP contribution in [0.4, 0.5) is 20.2 Å². The van der Waals surface area contributed by atoms with Crippen molar-refractivity contribution >= 4 is 16.9 Å². The Bertz CT molecular complexity index is 728. The molecule has 0 saturated carbocycles. The molecule has 0 aliphatic heterocycles. The smallest absolute Gasteiger partial charge is 0.340 e. The number of aromatic amines is 1. The van der Waals surface area contributed by atoms with E-state index in [2.05, 4.69) is 25.9 Å². The van der Waals surface area contributed by atoms with Crippen molar-refractivity contribution in [2.75, 3.05) is 5.32 Å². The van der Waals surface area contributed by atoms with E-state index in [0.29, 0.717) is 0 Å². The van der Waals surface area contributed by atoms with Gasteiger partial charge in [-0.1, -0.05) is 0 Å². The molecule has 0 unspecified atom stereocenters. The van der Waals surface area contributed by atoms with E-state index in [0.717, 1.165) is 18.3 Å². The minimum Gasteiger partial charge on any atom is -0.360 e. The van der Waals surface area contributed by atoms with Crippen LogP contribution in [0.1, 0.15) is 5.82 Å². The number of halogens is 2. The van der Waals surface area contributed by atoms with Gasteiger partial charge in [-0.05, 0) is 5.21 Å². The molecule has 0 fully saturated rings. The molecule has 21 heavy (non-hydrogen) atoms. The SMILES string of the molecule is N#CC(=CNc1cc(F)c([N+](=O)[O-])c(F)c1)c1nn[nH]n1. The van der Waals surface area contributed by atoms with Gasteiger partial charge in [-0.15, -0.1) is 10.2 Å². The summed E-state index contributed by atoms with van der Waals surface area (Å²) in [4.78, 5) is 9.28. The first-order chi connectivity index (χ1) is 10.0. The highest BCUT2D eigenvalue weighted by Gasteiger charge is 2.21. The zero-order valence-corrected chi connectivity index (χ0v) is 10.0. The fourth-order valence-corrected chi connectivity index (χ4v) is 1.40. The van der Waals surface area contributed by atoms with Gasteiger partial charge in [0.15, 0.2) is 0 Å². The lowest BCUT2D eigenvalue weighted by atomic mass is 10.2. The molecule has 1 aromatic carbocycles. The van der Waals surface area contributed by atoms with Crippen LogP contribution in [0.25, 0.3) is 5.57 Å². The topological polar surface area (TPSA) is 133 Å². The highest BCUT2D eigenvalue weighted by Crippen LogP contribution is 2.25. The molecule has 0 aliphatic carbocycles. The Morgan fingerprint density at radius 1 is 1.48 bits per heavy atom. The zero-order valence-electron chi connectivity index (χ0n) is 10.0. The molecule has 0 aliphatic rings. The first-order valence-corrected chi connectivity index (χ1v) is 5.27. The van der Waals surface area contributed by atoms with E-state index < -0.39 is 22.2 Å². The van der Waals surface area contributed by atoms with Crippen LogP contribution in [-0.2, 0) is 0 Å². The van der Waals surface area contributed by atoms with E-state index in [1.807, 2.05) is 0 Å². The summed E-state index contributed by atoms with van der Waals surface area (Å²) in [5, 5.41) is 34.3. The minimum absolute atomic E-state index is 0.0205. The number of nitriles is 1. The van der Waals surface area contributed by atoms with Crippen LogP contribution in [0.15, 0.2) is 18.3 Å². The van der Waals surface area contributed by atoms with Gasteiger partial charge in [-0.2, -0.15) is 19.3 Å². The van der Waals surface area contributed by atoms with Crippen LogP contribution in [0.2, 0.25) is 0 Å². The number of nitrogens with zero attached hydrogens (tertiary/aromatic N) is 5. The Morgan fingerprint density at radius 2 is 2.14 bits per heavy atom. The molecule has 0 atom stereocenters. The monoisotopic (exact) mass is 293 g/mol. The van der Waals surface area contributed by atoms with Crippen LogP contribution in [0.3, 0.4) is 0 Å². The lowest BCUT2D eigenvalue weighted by molar-refractivity contribution is -0.390. The number of nitro groups is 1. The number of anilines is 1. The van der Waals surface area contributed by atoms with Crippen LogP contribution in [-0.4, -0.2) is 25.5 Å². The fraction of sp³-hybridized carbons (Fsp3) is 0. The average molecular weight is 293 g/mol. The number of allylic oxidation sites excluding steroid dienone is 1. The summed E-state index contributed by atoms with van der Waals surface area (Å²) in [6.07, 6.45) is 1.09. The number of H-pyrrole nitrogens is 1. The number of nitro benzene ring substituents is 1. The molecule has 0 saturated heterocycles. The summed E-state index contributed by atoms with van der Waals surface area (Å²) < 4.78 is 26.8. The Morgan fingerprint density at radius 3 is 2.62 bits per heavy atom. The fourth-order valence-electron chi connectivity index (χ4n) is 1.40. The van der Waals surface area contributed by atoms with Crippen molar-refractivity contribution in [3.8, 4) is 6.07 Å². The zero-order chi connectivity index (χ0) is 15.4. The molecular formula is C10H5F2N7O2. The number of nitrogens with one attached hydrogen (secondary N) is 2. The lowest BCUT2D eigenvalue weighted by Crippen LogP contribution is -1.99. The van der Waals surface area contributed by atoms with Gasteiger partial charge in [-0.3, -0.25) is 10.1 Å². The quantitative estimate of drug-likeness (QED) is 0.493. The largest absolute Gasteiger partial charge is 0.360 e. The van der Waals surface area contributed by atoms with Crippen molar-refractivity contribution < 1.29 is 13.7 Å². The summed E-state index contributed by atoms with van der Waals surface area (Å²) in [6.45, 7) is 0. The third-order valence-electron chi connectivity index (χ3n) is 2.29. The molecule has 0 spiro atoms. The van der Waals surface area contributed by atoms with Gasteiger partial charge in [-0.25, -0.2) is 0 Å². The van der Waals surface area contributed by atoms with E-state index in [9.17, 15) is 18.9 Å². The molecule has 106 valence electrons. The predicted octanol–water partition coefficient (Wildman–Crippen LogP) is 1.36. The molecule has 1 aromatic heterocycles. The molecule has 2 N–H and O–H groups in total. The Labute approximate surface area is 115 Å². The lowest BCUT2D eigenvalue weighted by Gasteiger charge is -2.03. The molecule has 0 bridgehead atoms. The third kappa shape index (κ3) is 2.95. The van der Waals surface area contributed by atoms with Crippen molar-refractivity contribution in [3.05, 3.63) is 45.9 Å². The highest BCUT2D eigenvalue weighted by molar-refractivity contribution is 5.74. The van der Waals surface area contributed by atoms with Crippen molar-refractivity contribution in [3.63, 3.8) is 0 Å².